The van der Waals surface area contributed by atoms with Crippen LogP contribution < -0.4 is 0 Å². The molecule has 0 spiro atoms. The lowest BCUT2D eigenvalue weighted by atomic mass is 10.2. The summed E-state index contributed by atoms with van der Waals surface area (Å²) in [6.07, 6.45) is -0.587. The topological polar surface area (TPSA) is 86.7 Å². The van der Waals surface area contributed by atoms with Crippen molar-refractivity contribution in [2.75, 3.05) is 13.2 Å². The highest BCUT2D eigenvalue weighted by Gasteiger charge is 2.47. The first-order valence-electron chi connectivity index (χ1n) is 5.12. The van der Waals surface area contributed by atoms with E-state index in [4.69, 9.17) is 0 Å². The van der Waals surface area contributed by atoms with Crippen molar-refractivity contribution in [1.82, 2.24) is 0 Å². The smallest absolute Gasteiger partial charge is 0.263 e. The van der Waals surface area contributed by atoms with Gasteiger partial charge in [0.15, 0.2) is 0 Å². The van der Waals surface area contributed by atoms with Crippen LogP contribution in [-0.2, 0) is 28.6 Å². The third kappa shape index (κ3) is 7.64. The second kappa shape index (κ2) is 8.35. The van der Waals surface area contributed by atoms with Crippen LogP contribution in [0.4, 0.5) is 26.3 Å². The Hall–Kier alpha value is -0.535. The van der Waals surface area contributed by atoms with Crippen LogP contribution in [0.25, 0.3) is 0 Å². The minimum Gasteiger partial charge on any atom is -0.263 e. The molecule has 0 aromatic rings. The van der Waals surface area contributed by atoms with Gasteiger partial charge in [0.1, 0.15) is 0 Å². The Morgan fingerprint density at radius 1 is 0.636 bits per heavy atom. The quantitative estimate of drug-likeness (QED) is 0.209. The minimum atomic E-state index is -5.71. The van der Waals surface area contributed by atoms with Gasteiger partial charge in [0, 0.05) is 8.41 Å². The molecule has 0 amide bonds. The molecule has 0 atom stereocenters. The Morgan fingerprint density at radius 2 is 0.909 bits per heavy atom. The Morgan fingerprint density at radius 3 is 1.14 bits per heavy atom. The normalized spacial score (nSPS) is 13.7. The van der Waals surface area contributed by atoms with E-state index in [0.717, 1.165) is 0 Å². The van der Waals surface area contributed by atoms with Crippen LogP contribution in [0, 0.1) is 0 Å². The van der Waals surface area contributed by atoms with E-state index in [1.165, 1.54) is 0 Å². The third-order valence-electron chi connectivity index (χ3n) is 1.83. The molecule has 0 rings (SSSR count). The Labute approximate surface area is 124 Å². The summed E-state index contributed by atoms with van der Waals surface area (Å²) >= 11 is 0. The van der Waals surface area contributed by atoms with Crippen LogP contribution in [0.15, 0.2) is 0 Å². The van der Waals surface area contributed by atoms with Gasteiger partial charge < -0.3 is 0 Å². The predicted molar refractivity (Wildman–Crippen MR) is 61.5 cm³/mol. The molecule has 0 saturated carbocycles. The maximum Gasteiger partial charge on any atom is 0.523 e. The van der Waals surface area contributed by atoms with Crippen molar-refractivity contribution in [3.63, 3.8) is 0 Å². The van der Waals surface area contributed by atoms with Crippen molar-refractivity contribution in [2.24, 2.45) is 0 Å². The number of halogens is 6. The fourth-order valence-electron chi connectivity index (χ4n) is 0.852. The van der Waals surface area contributed by atoms with E-state index in [1.54, 1.807) is 0 Å². The first-order valence-corrected chi connectivity index (χ1v) is 7.94. The number of hydrogen-bond donors (Lipinski definition) is 0. The molecule has 0 bridgehead atoms. The first kappa shape index (κ1) is 23.7. The highest BCUT2D eigenvalue weighted by Crippen LogP contribution is 2.25. The summed E-state index contributed by atoms with van der Waals surface area (Å²) in [5, 5.41) is 0. The minimum absolute atomic E-state index is 0. The molecule has 0 aromatic heterocycles. The largest absolute Gasteiger partial charge is 0.523 e. The summed E-state index contributed by atoms with van der Waals surface area (Å²) in [5.41, 5.74) is -11.1. The molecule has 0 aliphatic rings. The van der Waals surface area contributed by atoms with E-state index >= 15 is 0 Å². The molecule has 0 aromatic carbocycles. The van der Waals surface area contributed by atoms with Crippen LogP contribution in [-0.4, -0.2) is 49.5 Å². The highest BCUT2D eigenvalue weighted by atomic mass is 32.2. The molecule has 6 nitrogen and oxygen atoms in total. The van der Waals surface area contributed by atoms with Gasteiger partial charge in [0.25, 0.3) is 0 Å². The Bertz CT molecular complexity index is 477. The van der Waals surface area contributed by atoms with Crippen LogP contribution in [0.5, 0.6) is 0 Å². The summed E-state index contributed by atoms with van der Waals surface area (Å²) in [6, 6.07) is 0. The number of rotatable bonds is 8. The summed E-state index contributed by atoms with van der Waals surface area (Å²) in [6.45, 7) is -1.68. The zero-order valence-electron chi connectivity index (χ0n) is 10.6. The van der Waals surface area contributed by atoms with Crippen molar-refractivity contribution in [3.05, 3.63) is 0 Å². The summed E-state index contributed by atoms with van der Waals surface area (Å²) in [7, 11) is -11.4. The lowest BCUT2D eigenvalue weighted by molar-refractivity contribution is -0.0543. The molecule has 0 saturated heterocycles. The molecule has 3 radical (unpaired) electrons. The summed E-state index contributed by atoms with van der Waals surface area (Å²) in [5.74, 6) is 0. The van der Waals surface area contributed by atoms with E-state index in [9.17, 15) is 43.2 Å². The van der Waals surface area contributed by atoms with Gasteiger partial charge in [-0.2, -0.15) is 43.2 Å². The number of hydrogen-bond acceptors (Lipinski definition) is 6. The van der Waals surface area contributed by atoms with Crippen LogP contribution >= 0.6 is 0 Å². The maximum absolute atomic E-state index is 11.8. The lowest BCUT2D eigenvalue weighted by Crippen LogP contribution is -2.26. The molecule has 0 unspecified atom stereocenters. The van der Waals surface area contributed by atoms with E-state index in [-0.39, 0.29) is 27.7 Å². The molecular weight excluding hydrogens is 369 g/mol. The average molecular weight is 379 g/mol. The molecule has 0 N–H and O–H groups in total. The van der Waals surface area contributed by atoms with E-state index in [1.807, 2.05) is 0 Å². The molecule has 0 aliphatic heterocycles. The lowest BCUT2D eigenvalue weighted by Gasteiger charge is -2.09. The van der Waals surface area contributed by atoms with Gasteiger partial charge in [-0.15, -0.1) is 0 Å². The maximum atomic E-state index is 11.8. The van der Waals surface area contributed by atoms with Gasteiger partial charge in [0.2, 0.25) is 0 Å². The van der Waals surface area contributed by atoms with E-state index in [0.29, 0.717) is 0 Å². The zero-order valence-corrected chi connectivity index (χ0v) is 12.3. The monoisotopic (exact) mass is 379 g/mol. The van der Waals surface area contributed by atoms with Crippen molar-refractivity contribution in [2.45, 2.75) is 30.3 Å². The Balaban J connectivity index is 0. The van der Waals surface area contributed by atoms with Crippen LogP contribution in [0.3, 0.4) is 0 Å². The molecule has 15 heteroatoms. The average Bonchev–Trinajstić information content (AvgIpc) is 2.24. The standard InChI is InChI=1S/C7H10F6O6S2.B/c8-6(9,10)20(14,15)18-4-2-1-3-5-19-21(16,17)7(11,12)13;/h1-5H2;. The van der Waals surface area contributed by atoms with Gasteiger partial charge in [0.05, 0.1) is 13.2 Å². The molecule has 0 heterocycles. The van der Waals surface area contributed by atoms with Crippen molar-refractivity contribution >= 4 is 28.6 Å². The zero-order chi connectivity index (χ0) is 16.9. The van der Waals surface area contributed by atoms with Crippen molar-refractivity contribution in [1.29, 1.82) is 0 Å². The number of unbranched alkanes of at least 4 members (excludes halogenated alkanes) is 2. The van der Waals surface area contributed by atoms with Gasteiger partial charge in [-0.1, -0.05) is 0 Å². The third-order valence-corrected chi connectivity index (χ3v) is 3.92. The van der Waals surface area contributed by atoms with Crippen LogP contribution in [0.2, 0.25) is 0 Å². The molecule has 0 aliphatic carbocycles. The summed E-state index contributed by atoms with van der Waals surface area (Å²) in [4.78, 5) is 0. The van der Waals surface area contributed by atoms with Gasteiger partial charge >= 0.3 is 31.3 Å². The fourth-order valence-corrected chi connectivity index (χ4v) is 1.79. The highest BCUT2D eigenvalue weighted by molar-refractivity contribution is 7.87. The predicted octanol–water partition coefficient (Wildman–Crippen LogP) is 1.51. The van der Waals surface area contributed by atoms with Crippen molar-refractivity contribution < 1.29 is 51.5 Å². The SMILES string of the molecule is O=S(=O)(OCCCCCOS(=O)(=O)C(F)(F)F)C(F)(F)F.[B]. The van der Waals surface area contributed by atoms with Gasteiger partial charge in [-0.3, -0.25) is 8.37 Å². The summed E-state index contributed by atoms with van der Waals surface area (Å²) < 4.78 is 120. The molecular formula is C7H10BF6O6S2. The first-order chi connectivity index (χ1) is 9.21. The Kier molecular flexibility index (Phi) is 9.01. The molecule has 22 heavy (non-hydrogen) atoms. The molecule has 131 valence electrons. The van der Waals surface area contributed by atoms with Gasteiger partial charge in [-0.25, -0.2) is 0 Å². The molecule has 0 fully saturated rings. The number of alkyl halides is 6. The van der Waals surface area contributed by atoms with Gasteiger partial charge in [-0.05, 0) is 19.3 Å². The fraction of sp³-hybridized carbons (Fsp3) is 1.00. The second-order valence-electron chi connectivity index (χ2n) is 3.50. The van der Waals surface area contributed by atoms with Crippen LogP contribution in [0.1, 0.15) is 19.3 Å². The van der Waals surface area contributed by atoms with E-state index in [2.05, 4.69) is 8.37 Å². The van der Waals surface area contributed by atoms with Crippen molar-refractivity contribution in [3.8, 4) is 0 Å². The van der Waals surface area contributed by atoms with E-state index < -0.39 is 44.5 Å². The second-order valence-corrected chi connectivity index (χ2v) is 6.72.